The highest BCUT2D eigenvalue weighted by Gasteiger charge is 1.98. The van der Waals surface area contributed by atoms with Gasteiger partial charge in [-0.2, -0.15) is 0 Å². The van der Waals surface area contributed by atoms with Gasteiger partial charge in [-0.3, -0.25) is 4.79 Å². The van der Waals surface area contributed by atoms with Crippen LogP contribution < -0.4 is 5.32 Å². The molecule has 0 rings (SSSR count). The number of ketones is 1. The SMILES string of the molecule is C.CC.CNC(=O)CCC(C)=O. The van der Waals surface area contributed by atoms with Crippen LogP contribution in [0.25, 0.3) is 0 Å². The average molecular weight is 175 g/mol. The maximum Gasteiger partial charge on any atom is 0.220 e. The van der Waals surface area contributed by atoms with E-state index in [0.717, 1.165) is 0 Å². The van der Waals surface area contributed by atoms with E-state index in [2.05, 4.69) is 5.32 Å². The van der Waals surface area contributed by atoms with Crippen LogP contribution in [0.4, 0.5) is 0 Å². The Morgan fingerprint density at radius 3 is 1.83 bits per heavy atom. The van der Waals surface area contributed by atoms with E-state index < -0.39 is 0 Å². The second-order valence-electron chi connectivity index (χ2n) is 1.88. The van der Waals surface area contributed by atoms with Gasteiger partial charge in [-0.15, -0.1) is 0 Å². The first-order valence-electron chi connectivity index (χ1n) is 3.87. The Bertz CT molecular complexity index is 122. The first-order valence-corrected chi connectivity index (χ1v) is 3.87. The zero-order valence-electron chi connectivity index (χ0n) is 7.73. The van der Waals surface area contributed by atoms with Gasteiger partial charge < -0.3 is 10.1 Å². The Morgan fingerprint density at radius 1 is 1.17 bits per heavy atom. The van der Waals surface area contributed by atoms with E-state index in [0.29, 0.717) is 12.8 Å². The maximum absolute atomic E-state index is 10.5. The molecular weight excluding hydrogens is 154 g/mol. The number of nitrogens with one attached hydrogen (secondary N) is 1. The number of rotatable bonds is 3. The fraction of sp³-hybridized carbons (Fsp3) is 0.778. The molecule has 0 bridgehead atoms. The van der Waals surface area contributed by atoms with Crippen molar-refractivity contribution in [2.45, 2.75) is 41.0 Å². The van der Waals surface area contributed by atoms with Gasteiger partial charge in [0.15, 0.2) is 0 Å². The lowest BCUT2D eigenvalue weighted by molar-refractivity contribution is -0.124. The molecule has 0 aromatic carbocycles. The lowest BCUT2D eigenvalue weighted by Gasteiger charge is -1.93. The molecule has 0 radical (unpaired) electrons. The van der Waals surface area contributed by atoms with E-state index in [-0.39, 0.29) is 19.1 Å². The van der Waals surface area contributed by atoms with Crippen LogP contribution in [0.15, 0.2) is 0 Å². The molecule has 0 aliphatic heterocycles. The number of amides is 1. The van der Waals surface area contributed by atoms with Crippen LogP contribution in [-0.2, 0) is 9.59 Å². The largest absolute Gasteiger partial charge is 0.359 e. The van der Waals surface area contributed by atoms with Gasteiger partial charge in [0.25, 0.3) is 0 Å². The second kappa shape index (κ2) is 12.8. The van der Waals surface area contributed by atoms with Gasteiger partial charge >= 0.3 is 0 Å². The lowest BCUT2D eigenvalue weighted by atomic mass is 10.2. The van der Waals surface area contributed by atoms with E-state index in [1.54, 1.807) is 7.05 Å². The van der Waals surface area contributed by atoms with Crippen LogP contribution in [0.1, 0.15) is 41.0 Å². The summed E-state index contributed by atoms with van der Waals surface area (Å²) in [5, 5.41) is 2.43. The number of hydrogen-bond donors (Lipinski definition) is 1. The molecular formula is C9H21NO2. The second-order valence-corrected chi connectivity index (χ2v) is 1.88. The molecule has 0 heterocycles. The normalized spacial score (nSPS) is 7.00. The van der Waals surface area contributed by atoms with E-state index in [1.165, 1.54) is 6.92 Å². The van der Waals surface area contributed by atoms with E-state index in [4.69, 9.17) is 0 Å². The van der Waals surface area contributed by atoms with Crippen molar-refractivity contribution in [3.8, 4) is 0 Å². The standard InChI is InChI=1S/C6H11NO2.C2H6.CH4/c1-5(8)3-4-6(9)7-2;1-2;/h3-4H2,1-2H3,(H,7,9);1-2H3;1H4. The van der Waals surface area contributed by atoms with Crippen LogP contribution in [0.5, 0.6) is 0 Å². The molecule has 3 nitrogen and oxygen atoms in total. The maximum atomic E-state index is 10.5. The predicted molar refractivity (Wildman–Crippen MR) is 52.1 cm³/mol. The Hall–Kier alpha value is -0.860. The summed E-state index contributed by atoms with van der Waals surface area (Å²) in [5.74, 6) is -0.0243. The number of Topliss-reactive ketones (excluding diaryl/α,β-unsaturated/α-hetero) is 1. The van der Waals surface area contributed by atoms with Gasteiger partial charge in [0.05, 0.1) is 0 Å². The van der Waals surface area contributed by atoms with Gasteiger partial charge in [0.1, 0.15) is 5.78 Å². The molecule has 0 fully saturated rings. The highest BCUT2D eigenvalue weighted by atomic mass is 16.1. The molecule has 3 heteroatoms. The van der Waals surface area contributed by atoms with Crippen molar-refractivity contribution in [3.05, 3.63) is 0 Å². The average Bonchev–Trinajstić information content (AvgIpc) is 2.04. The number of carbonyl (C=O) groups is 2. The summed E-state index contributed by atoms with van der Waals surface area (Å²) >= 11 is 0. The summed E-state index contributed by atoms with van der Waals surface area (Å²) in [6, 6.07) is 0. The molecule has 0 aliphatic rings. The van der Waals surface area contributed by atoms with Crippen molar-refractivity contribution in [1.82, 2.24) is 5.32 Å². The quantitative estimate of drug-likeness (QED) is 0.710. The molecule has 1 amide bonds. The summed E-state index contributed by atoms with van der Waals surface area (Å²) in [7, 11) is 1.56. The van der Waals surface area contributed by atoms with Gasteiger partial charge in [0.2, 0.25) is 5.91 Å². The first-order chi connectivity index (χ1) is 5.16. The number of hydrogen-bond acceptors (Lipinski definition) is 2. The Labute approximate surface area is 75.5 Å². The molecule has 12 heavy (non-hydrogen) atoms. The van der Waals surface area contributed by atoms with Crippen molar-refractivity contribution in [3.63, 3.8) is 0 Å². The molecule has 0 aliphatic carbocycles. The molecule has 0 aromatic rings. The summed E-state index contributed by atoms with van der Waals surface area (Å²) < 4.78 is 0. The molecule has 0 saturated carbocycles. The Balaban J connectivity index is -0.000000249. The minimum Gasteiger partial charge on any atom is -0.359 e. The smallest absolute Gasteiger partial charge is 0.220 e. The topological polar surface area (TPSA) is 46.2 Å². The molecule has 0 unspecified atom stereocenters. The molecule has 0 aromatic heterocycles. The summed E-state index contributed by atoms with van der Waals surface area (Å²) in [6.07, 6.45) is 0.658. The third kappa shape index (κ3) is 16.1. The lowest BCUT2D eigenvalue weighted by Crippen LogP contribution is -2.17. The Morgan fingerprint density at radius 2 is 1.58 bits per heavy atom. The van der Waals surface area contributed by atoms with Crippen LogP contribution in [0.2, 0.25) is 0 Å². The zero-order chi connectivity index (χ0) is 9.28. The van der Waals surface area contributed by atoms with E-state index >= 15 is 0 Å². The highest BCUT2D eigenvalue weighted by molar-refractivity contribution is 5.83. The van der Waals surface area contributed by atoms with Crippen LogP contribution in [0, 0.1) is 0 Å². The fourth-order valence-corrected chi connectivity index (χ4v) is 0.415. The minimum atomic E-state index is -0.0785. The molecule has 0 saturated heterocycles. The monoisotopic (exact) mass is 175 g/mol. The Kier molecular flexibility index (Phi) is 18.4. The van der Waals surface area contributed by atoms with E-state index in [1.807, 2.05) is 13.8 Å². The molecule has 1 N–H and O–H groups in total. The third-order valence-electron chi connectivity index (χ3n) is 0.983. The summed E-state index contributed by atoms with van der Waals surface area (Å²) in [4.78, 5) is 20.7. The first kappa shape index (κ1) is 17.3. The summed E-state index contributed by atoms with van der Waals surface area (Å²) in [5.41, 5.74) is 0. The van der Waals surface area contributed by atoms with Crippen LogP contribution in [-0.4, -0.2) is 18.7 Å². The van der Waals surface area contributed by atoms with Gasteiger partial charge in [-0.05, 0) is 6.92 Å². The van der Waals surface area contributed by atoms with Crippen molar-refractivity contribution in [2.24, 2.45) is 0 Å². The summed E-state index contributed by atoms with van der Waals surface area (Å²) in [6.45, 7) is 5.48. The van der Waals surface area contributed by atoms with Gasteiger partial charge in [-0.1, -0.05) is 21.3 Å². The third-order valence-corrected chi connectivity index (χ3v) is 0.983. The van der Waals surface area contributed by atoms with Crippen LogP contribution in [0.3, 0.4) is 0 Å². The fourth-order valence-electron chi connectivity index (χ4n) is 0.415. The molecule has 0 spiro atoms. The highest BCUT2D eigenvalue weighted by Crippen LogP contribution is 1.88. The van der Waals surface area contributed by atoms with E-state index in [9.17, 15) is 9.59 Å². The molecule has 0 atom stereocenters. The van der Waals surface area contributed by atoms with Crippen molar-refractivity contribution < 1.29 is 9.59 Å². The molecule has 74 valence electrons. The van der Waals surface area contributed by atoms with Gasteiger partial charge in [0, 0.05) is 19.9 Å². The zero-order valence-corrected chi connectivity index (χ0v) is 7.73. The van der Waals surface area contributed by atoms with Crippen molar-refractivity contribution in [2.75, 3.05) is 7.05 Å². The minimum absolute atomic E-state index is 0. The van der Waals surface area contributed by atoms with Crippen LogP contribution >= 0.6 is 0 Å². The number of carbonyl (C=O) groups excluding carboxylic acids is 2. The van der Waals surface area contributed by atoms with Crippen molar-refractivity contribution >= 4 is 11.7 Å². The van der Waals surface area contributed by atoms with Gasteiger partial charge in [-0.25, -0.2) is 0 Å². The van der Waals surface area contributed by atoms with Crippen molar-refractivity contribution in [1.29, 1.82) is 0 Å². The predicted octanol–water partition coefficient (Wildman–Crippen LogP) is 1.76.